The van der Waals surface area contributed by atoms with E-state index in [9.17, 15) is 0 Å². The Hall–Kier alpha value is -1.54. The predicted octanol–water partition coefficient (Wildman–Crippen LogP) is 4.18. The number of halogens is 2. The lowest BCUT2D eigenvalue weighted by molar-refractivity contribution is -0.140. The number of ether oxygens (including phenoxy) is 6. The molecule has 8 heteroatoms. The van der Waals surface area contributed by atoms with Crippen LogP contribution < -0.4 is 9.47 Å². The highest BCUT2D eigenvalue weighted by atomic mass is 35.5. The Bertz CT molecular complexity index is 951. The Morgan fingerprint density at radius 3 is 2.07 bits per heavy atom. The molecule has 0 radical (unpaired) electrons. The second-order valence-corrected chi connectivity index (χ2v) is 8.40. The minimum absolute atomic E-state index is 0.136. The van der Waals surface area contributed by atoms with Gasteiger partial charge in [-0.3, -0.25) is 0 Å². The van der Waals surface area contributed by atoms with Gasteiger partial charge in [0, 0.05) is 5.56 Å². The quantitative estimate of drug-likeness (QED) is 0.651. The topological polar surface area (TPSA) is 55.4 Å². The predicted molar refractivity (Wildman–Crippen MR) is 109 cm³/mol. The average Bonchev–Trinajstić information content (AvgIpc) is 3.43. The molecule has 0 aliphatic carbocycles. The summed E-state index contributed by atoms with van der Waals surface area (Å²) in [6.45, 7) is 0.894. The van der Waals surface area contributed by atoms with Gasteiger partial charge in [0.15, 0.2) is 24.8 Å². The second kappa shape index (κ2) is 7.55. The van der Waals surface area contributed by atoms with Crippen molar-refractivity contribution in [3.63, 3.8) is 0 Å². The van der Waals surface area contributed by atoms with Crippen LogP contribution in [0.2, 0.25) is 0 Å². The molecule has 6 heterocycles. The molecular weight excluding hydrogens is 431 g/mol. The van der Waals surface area contributed by atoms with Crippen molar-refractivity contribution < 1.29 is 28.4 Å². The van der Waals surface area contributed by atoms with E-state index in [1.54, 1.807) is 0 Å². The summed E-state index contributed by atoms with van der Waals surface area (Å²) >= 11 is 11.9. The minimum atomic E-state index is -0.548. The van der Waals surface area contributed by atoms with Crippen LogP contribution in [0, 0.1) is 0 Å². The summed E-state index contributed by atoms with van der Waals surface area (Å²) in [7, 11) is 0. The van der Waals surface area contributed by atoms with Gasteiger partial charge >= 0.3 is 0 Å². The molecule has 6 unspecified atom stereocenters. The van der Waals surface area contributed by atoms with Gasteiger partial charge in [-0.1, -0.05) is 24.3 Å². The lowest BCUT2D eigenvalue weighted by Crippen LogP contribution is -2.34. The van der Waals surface area contributed by atoms with Crippen LogP contribution in [0.5, 0.6) is 11.5 Å². The van der Waals surface area contributed by atoms with Crippen molar-refractivity contribution in [2.45, 2.75) is 37.0 Å². The molecule has 158 valence electrons. The fourth-order valence-corrected chi connectivity index (χ4v) is 4.64. The molecule has 2 fully saturated rings. The molecule has 4 bridgehead atoms. The fourth-order valence-electron chi connectivity index (χ4n) is 4.32. The summed E-state index contributed by atoms with van der Waals surface area (Å²) in [5.74, 6) is 2.26. The lowest BCUT2D eigenvalue weighted by atomic mass is 9.91. The third-order valence-electron chi connectivity index (χ3n) is 5.87. The Kier molecular flexibility index (Phi) is 4.82. The molecule has 0 spiro atoms. The Morgan fingerprint density at radius 2 is 1.43 bits per heavy atom. The number of hydrogen-bond acceptors (Lipinski definition) is 6. The van der Waals surface area contributed by atoms with Crippen molar-refractivity contribution in [2.75, 3.05) is 25.0 Å². The van der Waals surface area contributed by atoms with E-state index in [0.717, 1.165) is 28.0 Å². The maximum absolute atomic E-state index is 6.50. The van der Waals surface area contributed by atoms with Gasteiger partial charge in [-0.25, -0.2) is 0 Å². The third kappa shape index (κ3) is 3.01. The molecule has 6 atom stereocenters. The van der Waals surface area contributed by atoms with Crippen molar-refractivity contribution in [1.29, 1.82) is 0 Å². The first kappa shape index (κ1) is 19.2. The summed E-state index contributed by atoms with van der Waals surface area (Å²) in [5.41, 5.74) is 4.00. The second-order valence-electron chi connectivity index (χ2n) is 7.78. The van der Waals surface area contributed by atoms with Gasteiger partial charge in [0.2, 0.25) is 0 Å². The van der Waals surface area contributed by atoms with Crippen molar-refractivity contribution in [1.82, 2.24) is 0 Å². The summed E-state index contributed by atoms with van der Waals surface area (Å²) in [6.07, 6.45) is -2.16. The van der Waals surface area contributed by atoms with Crippen molar-refractivity contribution in [2.24, 2.45) is 0 Å². The molecule has 8 rings (SSSR count). The largest absolute Gasteiger partial charge is 0.480 e. The maximum Gasteiger partial charge on any atom is 0.199 e. The van der Waals surface area contributed by atoms with Gasteiger partial charge in [0.25, 0.3) is 0 Å². The van der Waals surface area contributed by atoms with Crippen LogP contribution >= 0.6 is 23.2 Å². The van der Waals surface area contributed by atoms with E-state index in [2.05, 4.69) is 12.1 Å². The molecule has 2 aromatic rings. The van der Waals surface area contributed by atoms with Gasteiger partial charge in [0.1, 0.15) is 11.5 Å². The lowest BCUT2D eigenvalue weighted by Gasteiger charge is -2.38. The molecule has 6 nitrogen and oxygen atoms in total. The SMILES string of the molecule is ClCC1COC(C2Oc3ccc(c4c3C(C3OCC(CCl)O3)O4)-c3ccc2cc3)O1. The first-order chi connectivity index (χ1) is 14.7. The number of benzene rings is 2. The van der Waals surface area contributed by atoms with Crippen molar-refractivity contribution in [3.8, 4) is 22.6 Å². The molecule has 0 saturated carbocycles. The normalized spacial score (nSPS) is 33.7. The number of fused-ring (bicyclic) bond motifs is 1. The monoisotopic (exact) mass is 450 g/mol. The van der Waals surface area contributed by atoms with E-state index in [-0.39, 0.29) is 18.3 Å². The fraction of sp³-hybridized carbons (Fsp3) is 0.455. The van der Waals surface area contributed by atoms with Gasteiger partial charge in [0.05, 0.1) is 42.7 Å². The van der Waals surface area contributed by atoms with Gasteiger partial charge in [-0.15, -0.1) is 23.2 Å². The standard InChI is InChI=1S/C22H20Cl2O6/c23-7-13-9-25-21(27-13)18-12-3-1-11(2-4-12)15-5-6-16(29-18)17-19(15)30-20(17)22-26-10-14(8-24)28-22/h1-6,13-14,18,20-22H,7-10H2. The zero-order valence-electron chi connectivity index (χ0n) is 16.0. The van der Waals surface area contributed by atoms with Crippen LogP contribution in [0.3, 0.4) is 0 Å². The van der Waals surface area contributed by atoms with Gasteiger partial charge in [-0.05, 0) is 23.3 Å². The third-order valence-corrected chi connectivity index (χ3v) is 6.56. The summed E-state index contributed by atoms with van der Waals surface area (Å²) in [6, 6.07) is 12.2. The van der Waals surface area contributed by atoms with E-state index in [0.29, 0.717) is 30.7 Å². The number of rotatable bonds is 4. The molecular formula is C22H20Cl2O6. The van der Waals surface area contributed by atoms with Gasteiger partial charge in [-0.2, -0.15) is 0 Å². The van der Waals surface area contributed by atoms with Crippen LogP contribution in [0.15, 0.2) is 36.4 Å². The van der Waals surface area contributed by atoms with Crippen LogP contribution in [-0.4, -0.2) is 49.8 Å². The molecule has 6 aliphatic heterocycles. The zero-order valence-corrected chi connectivity index (χ0v) is 17.5. The Morgan fingerprint density at radius 1 is 0.767 bits per heavy atom. The average molecular weight is 451 g/mol. The van der Waals surface area contributed by atoms with E-state index >= 15 is 0 Å². The van der Waals surface area contributed by atoms with E-state index in [1.807, 2.05) is 24.3 Å². The first-order valence-electron chi connectivity index (χ1n) is 10.0. The summed E-state index contributed by atoms with van der Waals surface area (Å²) < 4.78 is 36.2. The van der Waals surface area contributed by atoms with Crippen LogP contribution in [0.25, 0.3) is 11.1 Å². The van der Waals surface area contributed by atoms with Crippen LogP contribution in [0.1, 0.15) is 23.3 Å². The van der Waals surface area contributed by atoms with Crippen LogP contribution in [-0.2, 0) is 18.9 Å². The molecule has 2 saturated heterocycles. The Labute approximate surface area is 183 Å². The zero-order chi connectivity index (χ0) is 20.2. The van der Waals surface area contributed by atoms with Crippen molar-refractivity contribution >= 4 is 23.2 Å². The van der Waals surface area contributed by atoms with Gasteiger partial charge < -0.3 is 28.4 Å². The van der Waals surface area contributed by atoms with Crippen molar-refractivity contribution in [3.05, 3.63) is 47.5 Å². The minimum Gasteiger partial charge on any atom is -0.480 e. The Balaban J connectivity index is 1.38. The van der Waals surface area contributed by atoms with E-state index in [1.165, 1.54) is 0 Å². The highest BCUT2D eigenvalue weighted by Gasteiger charge is 2.46. The molecule has 2 aromatic carbocycles. The summed E-state index contributed by atoms with van der Waals surface area (Å²) in [4.78, 5) is 0. The van der Waals surface area contributed by atoms with E-state index < -0.39 is 18.7 Å². The molecule has 0 amide bonds. The maximum atomic E-state index is 6.50. The van der Waals surface area contributed by atoms with E-state index in [4.69, 9.17) is 51.6 Å². The highest BCUT2D eigenvalue weighted by molar-refractivity contribution is 6.18. The highest BCUT2D eigenvalue weighted by Crippen LogP contribution is 2.54. The molecule has 0 N–H and O–H groups in total. The first-order valence-corrected chi connectivity index (χ1v) is 11.1. The smallest absolute Gasteiger partial charge is 0.199 e. The molecule has 0 aromatic heterocycles. The number of alkyl halides is 2. The van der Waals surface area contributed by atoms with Crippen LogP contribution in [0.4, 0.5) is 0 Å². The summed E-state index contributed by atoms with van der Waals surface area (Å²) in [5, 5.41) is 0. The molecule has 30 heavy (non-hydrogen) atoms. The molecule has 6 aliphatic rings. The number of hydrogen-bond donors (Lipinski definition) is 0.